The van der Waals surface area contributed by atoms with Crippen LogP contribution in [0, 0.1) is 0 Å². The molecule has 4 heterocycles. The van der Waals surface area contributed by atoms with Gasteiger partial charge in [0.15, 0.2) is 11.6 Å². The van der Waals surface area contributed by atoms with Gasteiger partial charge in [-0.2, -0.15) is 9.97 Å². The van der Waals surface area contributed by atoms with Gasteiger partial charge in [0.1, 0.15) is 11.2 Å². The van der Waals surface area contributed by atoms with Gasteiger partial charge in [-0.25, -0.2) is 9.97 Å². The molecule has 0 radical (unpaired) electrons. The van der Waals surface area contributed by atoms with Gasteiger partial charge in [0.05, 0.1) is 27.8 Å². The first-order valence-electron chi connectivity index (χ1n) is 17.3. The molecule has 6 nitrogen and oxygen atoms in total. The number of aromatic nitrogens is 5. The van der Waals surface area contributed by atoms with Gasteiger partial charge in [-0.15, -0.1) is 0 Å². The lowest BCUT2D eigenvalue weighted by Gasteiger charge is -2.11. The van der Waals surface area contributed by atoms with E-state index in [1.807, 2.05) is 48.5 Å². The van der Waals surface area contributed by atoms with Crippen LogP contribution in [0.5, 0.6) is 0 Å². The second kappa shape index (κ2) is 11.2. The van der Waals surface area contributed by atoms with E-state index in [2.05, 4.69) is 120 Å². The van der Waals surface area contributed by atoms with Gasteiger partial charge in [0, 0.05) is 48.8 Å². The Morgan fingerprint density at radius 2 is 1.02 bits per heavy atom. The molecule has 0 spiro atoms. The molecule has 0 aliphatic rings. The molecule has 52 heavy (non-hydrogen) atoms. The molecule has 7 aromatic carbocycles. The molecule has 11 aromatic rings. The zero-order valence-electron chi connectivity index (χ0n) is 27.7. The molecule has 4 aromatic heterocycles. The number of hydrogen-bond donors (Lipinski definition) is 0. The molecule has 0 fully saturated rings. The Labute approximate surface area is 297 Å². The fourth-order valence-corrected chi connectivity index (χ4v) is 7.76. The van der Waals surface area contributed by atoms with Crippen molar-refractivity contribution < 1.29 is 4.42 Å². The van der Waals surface area contributed by atoms with Crippen molar-refractivity contribution in [2.24, 2.45) is 0 Å². The van der Waals surface area contributed by atoms with Crippen molar-refractivity contribution in [2.75, 3.05) is 0 Å². The second-order valence-corrected chi connectivity index (χ2v) is 13.0. The molecule has 0 unspecified atom stereocenters. The quantitative estimate of drug-likeness (QED) is 0.175. The maximum Gasteiger partial charge on any atom is 0.238 e. The van der Waals surface area contributed by atoms with Crippen molar-refractivity contribution >= 4 is 65.4 Å². The summed E-state index contributed by atoms with van der Waals surface area (Å²) in [6.45, 7) is 0. The maximum absolute atomic E-state index is 6.83. The number of rotatable bonds is 4. The molecule has 6 heteroatoms. The number of furan rings is 1. The molecular formula is C46H27N5O. The minimum absolute atomic E-state index is 0.538. The lowest BCUT2D eigenvalue weighted by atomic mass is 9.96. The van der Waals surface area contributed by atoms with Crippen molar-refractivity contribution in [3.63, 3.8) is 0 Å². The van der Waals surface area contributed by atoms with E-state index in [-0.39, 0.29) is 0 Å². The van der Waals surface area contributed by atoms with Crippen molar-refractivity contribution in [1.29, 1.82) is 0 Å². The summed E-state index contributed by atoms with van der Waals surface area (Å²) in [5.74, 6) is 1.67. The van der Waals surface area contributed by atoms with Crippen LogP contribution in [-0.2, 0) is 0 Å². The third-order valence-corrected chi connectivity index (χ3v) is 10.0. The van der Waals surface area contributed by atoms with E-state index < -0.39 is 0 Å². The van der Waals surface area contributed by atoms with Gasteiger partial charge in [-0.1, -0.05) is 127 Å². The third kappa shape index (κ3) is 4.25. The van der Waals surface area contributed by atoms with Crippen molar-refractivity contribution in [3.05, 3.63) is 164 Å². The Morgan fingerprint density at radius 3 is 1.77 bits per heavy atom. The normalized spacial score (nSPS) is 11.8. The summed E-state index contributed by atoms with van der Waals surface area (Å²) in [5.41, 5.74) is 8.24. The van der Waals surface area contributed by atoms with Crippen LogP contribution < -0.4 is 0 Å². The highest BCUT2D eigenvalue weighted by Gasteiger charge is 2.22. The van der Waals surface area contributed by atoms with Gasteiger partial charge >= 0.3 is 0 Å². The largest absolute Gasteiger partial charge is 0.455 e. The Bertz CT molecular complexity index is 3130. The molecule has 242 valence electrons. The van der Waals surface area contributed by atoms with E-state index >= 15 is 0 Å². The molecule has 0 amide bonds. The van der Waals surface area contributed by atoms with Crippen LogP contribution in [0.2, 0.25) is 0 Å². The van der Waals surface area contributed by atoms with Crippen LogP contribution in [0.25, 0.3) is 105 Å². The summed E-state index contributed by atoms with van der Waals surface area (Å²) in [6, 6.07) is 56.1. The van der Waals surface area contributed by atoms with Crippen LogP contribution in [0.4, 0.5) is 0 Å². The summed E-state index contributed by atoms with van der Waals surface area (Å²) >= 11 is 0. The summed E-state index contributed by atoms with van der Waals surface area (Å²) < 4.78 is 8.97. The molecule has 11 rings (SSSR count). The van der Waals surface area contributed by atoms with E-state index in [9.17, 15) is 0 Å². The average molecular weight is 666 g/mol. The zero-order chi connectivity index (χ0) is 34.2. The number of pyridine rings is 1. The topological polar surface area (TPSA) is 69.6 Å². The molecule has 0 aliphatic heterocycles. The van der Waals surface area contributed by atoms with Crippen molar-refractivity contribution in [2.45, 2.75) is 0 Å². The maximum atomic E-state index is 6.83. The minimum atomic E-state index is 0.538. The van der Waals surface area contributed by atoms with Gasteiger partial charge in [0.2, 0.25) is 5.95 Å². The summed E-state index contributed by atoms with van der Waals surface area (Å²) in [7, 11) is 0. The summed E-state index contributed by atoms with van der Waals surface area (Å²) in [6.07, 6.45) is 0. The van der Waals surface area contributed by atoms with E-state index in [1.54, 1.807) is 0 Å². The smallest absolute Gasteiger partial charge is 0.238 e. The highest BCUT2D eigenvalue weighted by atomic mass is 16.3. The highest BCUT2D eigenvalue weighted by Crippen LogP contribution is 2.43. The van der Waals surface area contributed by atoms with E-state index in [1.165, 1.54) is 0 Å². The fourth-order valence-electron chi connectivity index (χ4n) is 7.76. The van der Waals surface area contributed by atoms with Gasteiger partial charge in [-0.05, 0) is 36.4 Å². The van der Waals surface area contributed by atoms with Crippen LogP contribution in [-0.4, -0.2) is 24.5 Å². The van der Waals surface area contributed by atoms with Crippen LogP contribution in [0.3, 0.4) is 0 Å². The van der Waals surface area contributed by atoms with E-state index in [0.717, 1.165) is 87.8 Å². The third-order valence-electron chi connectivity index (χ3n) is 10.0. The predicted molar refractivity (Wildman–Crippen MR) is 211 cm³/mol. The lowest BCUT2D eigenvalue weighted by molar-refractivity contribution is 0.669. The number of para-hydroxylation sites is 4. The number of hydrogen-bond acceptors (Lipinski definition) is 5. The summed E-state index contributed by atoms with van der Waals surface area (Å²) in [5, 5.41) is 7.60. The second-order valence-electron chi connectivity index (χ2n) is 13.0. The average Bonchev–Trinajstić information content (AvgIpc) is 3.77. The minimum Gasteiger partial charge on any atom is -0.455 e. The van der Waals surface area contributed by atoms with E-state index in [0.29, 0.717) is 17.6 Å². The van der Waals surface area contributed by atoms with E-state index in [4.69, 9.17) is 24.4 Å². The van der Waals surface area contributed by atoms with Crippen molar-refractivity contribution in [3.8, 4) is 40.0 Å². The SMILES string of the molecule is c1ccc(-c2nc(-c3cccc4c3oc3ccc5c(-c6ccccc6)nc6ccccc6c5c34)nc(-n3c4ccccc4c4ccccc43)n2)cc1. The van der Waals surface area contributed by atoms with Crippen LogP contribution in [0.1, 0.15) is 0 Å². The Hall–Kier alpha value is -7.18. The molecule has 0 aliphatic carbocycles. The molecule has 0 atom stereocenters. The molecule has 0 N–H and O–H groups in total. The number of benzene rings is 7. The molecule has 0 saturated carbocycles. The Morgan fingerprint density at radius 1 is 0.404 bits per heavy atom. The van der Waals surface area contributed by atoms with Gasteiger partial charge in [-0.3, -0.25) is 4.57 Å². The first kappa shape index (κ1) is 28.6. The fraction of sp³-hybridized carbons (Fsp3) is 0. The molecule has 0 saturated heterocycles. The van der Waals surface area contributed by atoms with Crippen LogP contribution >= 0.6 is 0 Å². The van der Waals surface area contributed by atoms with Gasteiger partial charge in [0.25, 0.3) is 0 Å². The zero-order valence-corrected chi connectivity index (χ0v) is 27.7. The standard InChI is InChI=1S/C46H27N5O/c1-3-14-28(15-4-1)42-33-26-27-39-41(40(33)32-20-7-10-23-36(32)47-42)34-21-13-22-35(43(34)52-39)45-48-44(29-16-5-2-6-17-29)49-46(50-45)51-37-24-11-8-18-30(37)31-19-9-12-25-38(31)51/h1-27H. The first-order chi connectivity index (χ1) is 25.8. The first-order valence-corrected chi connectivity index (χ1v) is 17.3. The molecule has 0 bridgehead atoms. The van der Waals surface area contributed by atoms with Crippen molar-refractivity contribution in [1.82, 2.24) is 24.5 Å². The highest BCUT2D eigenvalue weighted by molar-refractivity contribution is 6.29. The Balaban J connectivity index is 1.22. The number of fused-ring (bicyclic) bond motifs is 10. The summed E-state index contributed by atoms with van der Waals surface area (Å²) in [4.78, 5) is 20.6. The monoisotopic (exact) mass is 665 g/mol. The van der Waals surface area contributed by atoms with Gasteiger partial charge < -0.3 is 4.42 Å². The predicted octanol–water partition coefficient (Wildman–Crippen LogP) is 11.6. The lowest BCUT2D eigenvalue weighted by Crippen LogP contribution is -2.06. The number of nitrogens with zero attached hydrogens (tertiary/aromatic N) is 5. The molecular weight excluding hydrogens is 639 g/mol. The Kier molecular flexibility index (Phi) is 6.15. The van der Waals surface area contributed by atoms with Crippen LogP contribution in [0.15, 0.2) is 168 Å².